The topological polar surface area (TPSA) is 38.1 Å². The Bertz CT molecular complexity index is 830. The predicted octanol–water partition coefficient (Wildman–Crippen LogP) is 3.83. The molecule has 0 saturated heterocycles. The zero-order valence-electron chi connectivity index (χ0n) is 13.8. The van der Waals surface area contributed by atoms with Crippen molar-refractivity contribution in [1.29, 1.82) is 0 Å². The fourth-order valence-corrected chi connectivity index (χ4v) is 2.35. The summed E-state index contributed by atoms with van der Waals surface area (Å²) in [4.78, 5) is 14.3. The minimum Gasteiger partial charge on any atom is -0.378 e. The average Bonchev–Trinajstić information content (AvgIpc) is 3.15. The quantitative estimate of drug-likeness (QED) is 0.530. The number of anilines is 1. The molecular formula is C20H19N3O. The summed E-state index contributed by atoms with van der Waals surface area (Å²) in [6.07, 6.45) is 7.04. The monoisotopic (exact) mass is 317 g/mol. The van der Waals surface area contributed by atoms with Crippen molar-refractivity contribution in [2.24, 2.45) is 0 Å². The van der Waals surface area contributed by atoms with Crippen LogP contribution in [0.15, 0.2) is 73.1 Å². The zero-order valence-corrected chi connectivity index (χ0v) is 13.8. The molecule has 0 aliphatic heterocycles. The minimum atomic E-state index is -0.0151. The van der Waals surface area contributed by atoms with Gasteiger partial charge in [-0.1, -0.05) is 18.2 Å². The van der Waals surface area contributed by atoms with Gasteiger partial charge in [0.2, 0.25) is 0 Å². The fourth-order valence-electron chi connectivity index (χ4n) is 2.35. The second kappa shape index (κ2) is 6.96. The highest BCUT2D eigenvalue weighted by atomic mass is 16.1. The van der Waals surface area contributed by atoms with Gasteiger partial charge in [0.25, 0.3) is 0 Å². The molecule has 2 aromatic carbocycles. The molecule has 0 atom stereocenters. The van der Waals surface area contributed by atoms with Crippen LogP contribution in [0.3, 0.4) is 0 Å². The largest absolute Gasteiger partial charge is 0.378 e. The molecule has 4 heteroatoms. The van der Waals surface area contributed by atoms with E-state index in [2.05, 4.69) is 5.10 Å². The molecule has 0 bridgehead atoms. The highest BCUT2D eigenvalue weighted by molar-refractivity contribution is 6.06. The first-order valence-corrected chi connectivity index (χ1v) is 7.73. The van der Waals surface area contributed by atoms with Crippen molar-refractivity contribution in [3.05, 3.63) is 84.2 Å². The van der Waals surface area contributed by atoms with Crippen molar-refractivity contribution in [3.63, 3.8) is 0 Å². The molecule has 0 aliphatic carbocycles. The van der Waals surface area contributed by atoms with Gasteiger partial charge in [0.15, 0.2) is 5.78 Å². The van der Waals surface area contributed by atoms with Crippen molar-refractivity contribution in [1.82, 2.24) is 9.78 Å². The Balaban J connectivity index is 1.70. The maximum atomic E-state index is 12.3. The Morgan fingerprint density at radius 2 is 1.75 bits per heavy atom. The van der Waals surface area contributed by atoms with E-state index in [9.17, 15) is 4.79 Å². The molecule has 0 fully saturated rings. The number of carbonyl (C=O) groups excluding carboxylic acids is 1. The van der Waals surface area contributed by atoms with E-state index in [4.69, 9.17) is 0 Å². The first-order chi connectivity index (χ1) is 11.6. The predicted molar refractivity (Wildman–Crippen MR) is 97.7 cm³/mol. The van der Waals surface area contributed by atoms with Gasteiger partial charge in [0.05, 0.1) is 5.69 Å². The molecule has 120 valence electrons. The molecule has 3 rings (SSSR count). The SMILES string of the molecule is CN(C)c1ccc(/C=C/C(=O)c2ccc(-n3cccn3)cc2)cc1. The highest BCUT2D eigenvalue weighted by Gasteiger charge is 2.03. The zero-order chi connectivity index (χ0) is 16.9. The van der Waals surface area contributed by atoms with Gasteiger partial charge < -0.3 is 4.90 Å². The van der Waals surface area contributed by atoms with Gasteiger partial charge in [0, 0.05) is 37.7 Å². The first-order valence-electron chi connectivity index (χ1n) is 7.73. The van der Waals surface area contributed by atoms with Crippen molar-refractivity contribution in [3.8, 4) is 5.69 Å². The summed E-state index contributed by atoms with van der Waals surface area (Å²) in [5.41, 5.74) is 3.72. The summed E-state index contributed by atoms with van der Waals surface area (Å²) in [6.45, 7) is 0. The summed E-state index contributed by atoms with van der Waals surface area (Å²) < 4.78 is 1.76. The van der Waals surface area contributed by atoms with Crippen LogP contribution in [0.2, 0.25) is 0 Å². The van der Waals surface area contributed by atoms with Gasteiger partial charge in [-0.15, -0.1) is 0 Å². The first kappa shape index (κ1) is 15.7. The lowest BCUT2D eigenvalue weighted by molar-refractivity contribution is 0.104. The van der Waals surface area contributed by atoms with E-state index in [0.29, 0.717) is 5.56 Å². The highest BCUT2D eigenvalue weighted by Crippen LogP contribution is 2.14. The molecule has 0 radical (unpaired) electrons. The Morgan fingerprint density at radius 1 is 1.04 bits per heavy atom. The second-order valence-electron chi connectivity index (χ2n) is 5.68. The van der Waals surface area contributed by atoms with Crippen molar-refractivity contribution >= 4 is 17.5 Å². The molecule has 1 heterocycles. The van der Waals surface area contributed by atoms with E-state index < -0.39 is 0 Å². The number of ketones is 1. The lowest BCUT2D eigenvalue weighted by Gasteiger charge is -2.11. The molecule has 24 heavy (non-hydrogen) atoms. The summed E-state index contributed by atoms with van der Waals surface area (Å²) in [7, 11) is 4.00. The fraction of sp³-hybridized carbons (Fsp3) is 0.100. The molecular weight excluding hydrogens is 298 g/mol. The van der Waals surface area contributed by atoms with Crippen molar-refractivity contribution in [2.75, 3.05) is 19.0 Å². The van der Waals surface area contributed by atoms with Crippen LogP contribution >= 0.6 is 0 Å². The van der Waals surface area contributed by atoms with Crippen molar-refractivity contribution in [2.45, 2.75) is 0 Å². The third kappa shape index (κ3) is 3.60. The number of aromatic nitrogens is 2. The maximum absolute atomic E-state index is 12.3. The van der Waals surface area contributed by atoms with Crippen LogP contribution < -0.4 is 4.90 Å². The lowest BCUT2D eigenvalue weighted by atomic mass is 10.1. The van der Waals surface area contributed by atoms with E-state index in [0.717, 1.165) is 16.9 Å². The minimum absolute atomic E-state index is 0.0151. The standard InChI is InChI=1S/C20H19N3O/c1-22(2)18-9-4-16(5-10-18)6-13-20(24)17-7-11-19(12-8-17)23-15-3-14-21-23/h3-15H,1-2H3/b13-6+. The van der Waals surface area contributed by atoms with Crippen LogP contribution in [0.25, 0.3) is 11.8 Å². The van der Waals surface area contributed by atoms with Gasteiger partial charge in [0.1, 0.15) is 0 Å². The number of nitrogens with zero attached hydrogens (tertiary/aromatic N) is 3. The van der Waals surface area contributed by atoms with Gasteiger partial charge in [-0.3, -0.25) is 4.79 Å². The van der Waals surface area contributed by atoms with Crippen LogP contribution in [0.5, 0.6) is 0 Å². The third-order valence-corrected chi connectivity index (χ3v) is 3.76. The van der Waals surface area contributed by atoms with Gasteiger partial charge in [-0.25, -0.2) is 4.68 Å². The van der Waals surface area contributed by atoms with E-state index in [1.807, 2.05) is 85.9 Å². The molecule has 1 aromatic heterocycles. The normalized spacial score (nSPS) is 10.9. The smallest absolute Gasteiger partial charge is 0.185 e. The maximum Gasteiger partial charge on any atom is 0.185 e. The summed E-state index contributed by atoms with van der Waals surface area (Å²) in [5, 5.41) is 4.17. The van der Waals surface area contributed by atoms with E-state index in [-0.39, 0.29) is 5.78 Å². The summed E-state index contributed by atoms with van der Waals surface area (Å²) in [6, 6.07) is 17.3. The van der Waals surface area contributed by atoms with E-state index in [1.54, 1.807) is 17.0 Å². The molecule has 4 nitrogen and oxygen atoms in total. The van der Waals surface area contributed by atoms with Crippen LogP contribution in [0.1, 0.15) is 15.9 Å². The van der Waals surface area contributed by atoms with Gasteiger partial charge >= 0.3 is 0 Å². The Morgan fingerprint density at radius 3 is 2.33 bits per heavy atom. The number of hydrogen-bond acceptors (Lipinski definition) is 3. The summed E-state index contributed by atoms with van der Waals surface area (Å²) >= 11 is 0. The molecule has 0 saturated carbocycles. The van der Waals surface area contributed by atoms with Crippen molar-refractivity contribution < 1.29 is 4.79 Å². The number of rotatable bonds is 5. The Hall–Kier alpha value is -3.14. The number of benzene rings is 2. The summed E-state index contributed by atoms with van der Waals surface area (Å²) in [5.74, 6) is -0.0151. The molecule has 0 amide bonds. The second-order valence-corrected chi connectivity index (χ2v) is 5.68. The van der Waals surface area contributed by atoms with Gasteiger partial charge in [-0.2, -0.15) is 5.10 Å². The number of carbonyl (C=O) groups is 1. The van der Waals surface area contributed by atoms with Crippen LogP contribution in [-0.4, -0.2) is 29.7 Å². The molecule has 0 unspecified atom stereocenters. The Labute approximate surface area is 141 Å². The van der Waals surface area contributed by atoms with Crippen LogP contribution in [0, 0.1) is 0 Å². The lowest BCUT2D eigenvalue weighted by Crippen LogP contribution is -2.07. The molecule has 0 spiro atoms. The average molecular weight is 317 g/mol. The van der Waals surface area contributed by atoms with E-state index in [1.165, 1.54) is 0 Å². The molecule has 0 aliphatic rings. The third-order valence-electron chi connectivity index (χ3n) is 3.76. The number of allylic oxidation sites excluding steroid dienone is 1. The Kier molecular flexibility index (Phi) is 4.57. The van der Waals surface area contributed by atoms with E-state index >= 15 is 0 Å². The number of hydrogen-bond donors (Lipinski definition) is 0. The molecule has 3 aromatic rings. The molecule has 0 N–H and O–H groups in total. The van der Waals surface area contributed by atoms with Crippen LogP contribution in [-0.2, 0) is 0 Å². The van der Waals surface area contributed by atoms with Gasteiger partial charge in [-0.05, 0) is 54.1 Å². The van der Waals surface area contributed by atoms with Crippen LogP contribution in [0.4, 0.5) is 5.69 Å².